The smallest absolute Gasteiger partial charge is 0.130 e. The van der Waals surface area contributed by atoms with Gasteiger partial charge in [-0.2, -0.15) is 0 Å². The van der Waals surface area contributed by atoms with E-state index in [0.717, 1.165) is 20.6 Å². The van der Waals surface area contributed by atoms with Crippen LogP contribution in [0.4, 0.5) is 0 Å². The van der Waals surface area contributed by atoms with Crippen LogP contribution in [0.25, 0.3) is 10.8 Å². The quantitative estimate of drug-likeness (QED) is 0.723. The molecule has 0 saturated heterocycles. The molecule has 3 aromatic rings. The number of aromatic hydroxyl groups is 2. The molecule has 0 saturated carbocycles. The summed E-state index contributed by atoms with van der Waals surface area (Å²) >= 11 is 1.49. The van der Waals surface area contributed by atoms with Crippen molar-refractivity contribution in [2.45, 2.75) is 9.79 Å². The Morgan fingerprint density at radius 2 is 1.53 bits per heavy atom. The molecule has 3 aromatic carbocycles. The van der Waals surface area contributed by atoms with Crippen LogP contribution < -0.4 is 0 Å². The molecular formula is C16H12O2S. The fourth-order valence-corrected chi connectivity index (χ4v) is 2.97. The highest BCUT2D eigenvalue weighted by atomic mass is 32.2. The van der Waals surface area contributed by atoms with E-state index >= 15 is 0 Å². The number of fused-ring (bicyclic) bond motifs is 1. The fourth-order valence-electron chi connectivity index (χ4n) is 1.98. The standard InChI is InChI=1S/C16H12O2S/c17-12-8-6-11-7-9-15(18)16(14(11)10-12)19-13-4-2-1-3-5-13/h1-10,17-18H. The molecule has 0 aromatic heterocycles. The number of benzene rings is 3. The molecule has 2 N–H and O–H groups in total. The van der Waals surface area contributed by atoms with Crippen molar-refractivity contribution in [3.63, 3.8) is 0 Å². The van der Waals surface area contributed by atoms with Crippen LogP contribution in [0, 0.1) is 0 Å². The molecule has 0 amide bonds. The van der Waals surface area contributed by atoms with Crippen molar-refractivity contribution in [1.29, 1.82) is 0 Å². The third-order valence-corrected chi connectivity index (χ3v) is 4.04. The maximum Gasteiger partial charge on any atom is 0.130 e. The van der Waals surface area contributed by atoms with Crippen molar-refractivity contribution < 1.29 is 10.2 Å². The van der Waals surface area contributed by atoms with Gasteiger partial charge >= 0.3 is 0 Å². The van der Waals surface area contributed by atoms with Gasteiger partial charge in [0.1, 0.15) is 11.5 Å². The summed E-state index contributed by atoms with van der Waals surface area (Å²) in [4.78, 5) is 1.81. The average Bonchev–Trinajstić information content (AvgIpc) is 2.43. The number of phenols is 2. The van der Waals surface area contributed by atoms with Crippen LogP contribution in [0.2, 0.25) is 0 Å². The average molecular weight is 268 g/mol. The second-order valence-electron chi connectivity index (χ2n) is 4.23. The monoisotopic (exact) mass is 268 g/mol. The zero-order chi connectivity index (χ0) is 13.2. The van der Waals surface area contributed by atoms with E-state index in [0.29, 0.717) is 0 Å². The van der Waals surface area contributed by atoms with Gasteiger partial charge in [0.25, 0.3) is 0 Å². The van der Waals surface area contributed by atoms with E-state index in [9.17, 15) is 10.2 Å². The second kappa shape index (κ2) is 4.86. The van der Waals surface area contributed by atoms with Gasteiger partial charge in [-0.3, -0.25) is 0 Å². The van der Waals surface area contributed by atoms with Gasteiger partial charge < -0.3 is 10.2 Å². The molecule has 0 fully saturated rings. The van der Waals surface area contributed by atoms with Crippen LogP contribution in [-0.4, -0.2) is 10.2 Å². The predicted molar refractivity (Wildman–Crippen MR) is 77.8 cm³/mol. The summed E-state index contributed by atoms with van der Waals surface area (Å²) in [5, 5.41) is 21.5. The molecule has 0 aliphatic carbocycles. The van der Waals surface area contributed by atoms with Crippen molar-refractivity contribution in [3.8, 4) is 11.5 Å². The Bertz CT molecular complexity index is 718. The summed E-state index contributed by atoms with van der Waals surface area (Å²) in [6.45, 7) is 0. The number of rotatable bonds is 2. The Kier molecular flexibility index (Phi) is 3.05. The molecule has 0 aliphatic heterocycles. The highest BCUT2D eigenvalue weighted by Gasteiger charge is 2.09. The van der Waals surface area contributed by atoms with Crippen LogP contribution in [0.1, 0.15) is 0 Å². The number of phenolic OH excluding ortho intramolecular Hbond substituents is 2. The summed E-state index contributed by atoms with van der Waals surface area (Å²) in [6, 6.07) is 18.6. The molecule has 0 spiro atoms. The first kappa shape index (κ1) is 11.9. The maximum absolute atomic E-state index is 10.1. The molecule has 3 heteroatoms. The fraction of sp³-hybridized carbons (Fsp3) is 0. The first-order chi connectivity index (χ1) is 9.24. The lowest BCUT2D eigenvalue weighted by Crippen LogP contribution is -1.80. The molecule has 2 nitrogen and oxygen atoms in total. The van der Waals surface area contributed by atoms with E-state index in [4.69, 9.17) is 0 Å². The Balaban J connectivity index is 2.16. The molecule has 0 radical (unpaired) electrons. The Labute approximate surface area is 115 Å². The van der Waals surface area contributed by atoms with Crippen LogP contribution in [0.5, 0.6) is 11.5 Å². The minimum absolute atomic E-state index is 0.202. The van der Waals surface area contributed by atoms with Gasteiger partial charge in [-0.15, -0.1) is 0 Å². The van der Waals surface area contributed by atoms with Crippen molar-refractivity contribution in [2.24, 2.45) is 0 Å². The van der Waals surface area contributed by atoms with Gasteiger partial charge in [0.05, 0.1) is 4.90 Å². The van der Waals surface area contributed by atoms with Gasteiger partial charge in [-0.05, 0) is 35.7 Å². The van der Waals surface area contributed by atoms with Crippen LogP contribution >= 0.6 is 11.8 Å². The SMILES string of the molecule is Oc1ccc2ccc(O)c(Sc3ccccc3)c2c1. The summed E-state index contributed by atoms with van der Waals surface area (Å²) in [7, 11) is 0. The lowest BCUT2D eigenvalue weighted by molar-refractivity contribution is 0.463. The van der Waals surface area contributed by atoms with E-state index in [1.165, 1.54) is 11.8 Å². The molecule has 3 rings (SSSR count). The first-order valence-electron chi connectivity index (χ1n) is 5.91. The van der Waals surface area contributed by atoms with Crippen LogP contribution in [-0.2, 0) is 0 Å². The van der Waals surface area contributed by atoms with E-state index in [-0.39, 0.29) is 11.5 Å². The molecule has 94 valence electrons. The topological polar surface area (TPSA) is 40.5 Å². The zero-order valence-corrected chi connectivity index (χ0v) is 10.9. The van der Waals surface area contributed by atoms with E-state index in [1.54, 1.807) is 18.2 Å². The molecule has 0 atom stereocenters. The Morgan fingerprint density at radius 3 is 2.32 bits per heavy atom. The zero-order valence-electron chi connectivity index (χ0n) is 10.1. The minimum Gasteiger partial charge on any atom is -0.508 e. The minimum atomic E-state index is 0.202. The molecule has 19 heavy (non-hydrogen) atoms. The molecule has 0 unspecified atom stereocenters. The molecule has 0 bridgehead atoms. The summed E-state index contributed by atoms with van der Waals surface area (Å²) < 4.78 is 0. The predicted octanol–water partition coefficient (Wildman–Crippen LogP) is 4.40. The highest BCUT2D eigenvalue weighted by Crippen LogP contribution is 2.40. The number of hydrogen-bond donors (Lipinski definition) is 2. The van der Waals surface area contributed by atoms with E-state index < -0.39 is 0 Å². The molecule has 0 heterocycles. The van der Waals surface area contributed by atoms with Gasteiger partial charge in [0, 0.05) is 10.3 Å². The van der Waals surface area contributed by atoms with Crippen LogP contribution in [0.15, 0.2) is 70.5 Å². The highest BCUT2D eigenvalue weighted by molar-refractivity contribution is 7.99. The van der Waals surface area contributed by atoms with Crippen molar-refractivity contribution in [1.82, 2.24) is 0 Å². The van der Waals surface area contributed by atoms with E-state index in [1.807, 2.05) is 42.5 Å². The third kappa shape index (κ3) is 2.37. The summed E-state index contributed by atoms with van der Waals surface area (Å²) in [5.41, 5.74) is 0. The molecular weight excluding hydrogens is 256 g/mol. The molecule has 0 aliphatic rings. The third-order valence-electron chi connectivity index (χ3n) is 2.90. The van der Waals surface area contributed by atoms with Gasteiger partial charge in [0.2, 0.25) is 0 Å². The Hall–Kier alpha value is -2.13. The van der Waals surface area contributed by atoms with Crippen molar-refractivity contribution in [3.05, 3.63) is 60.7 Å². The summed E-state index contributed by atoms with van der Waals surface area (Å²) in [6.07, 6.45) is 0. The lowest BCUT2D eigenvalue weighted by atomic mass is 10.1. The van der Waals surface area contributed by atoms with E-state index in [2.05, 4.69) is 0 Å². The van der Waals surface area contributed by atoms with Gasteiger partial charge in [-0.1, -0.05) is 42.1 Å². The number of hydrogen-bond acceptors (Lipinski definition) is 3. The van der Waals surface area contributed by atoms with Crippen molar-refractivity contribution in [2.75, 3.05) is 0 Å². The normalized spacial score (nSPS) is 10.7. The largest absolute Gasteiger partial charge is 0.508 e. The summed E-state index contributed by atoms with van der Waals surface area (Å²) in [5.74, 6) is 0.431. The van der Waals surface area contributed by atoms with Gasteiger partial charge in [0.15, 0.2) is 0 Å². The Morgan fingerprint density at radius 1 is 0.789 bits per heavy atom. The van der Waals surface area contributed by atoms with Crippen LogP contribution in [0.3, 0.4) is 0 Å². The van der Waals surface area contributed by atoms with Gasteiger partial charge in [-0.25, -0.2) is 0 Å². The maximum atomic E-state index is 10.1. The lowest BCUT2D eigenvalue weighted by Gasteiger charge is -2.09. The first-order valence-corrected chi connectivity index (χ1v) is 6.73. The van der Waals surface area contributed by atoms with Crippen molar-refractivity contribution >= 4 is 22.5 Å². The second-order valence-corrected chi connectivity index (χ2v) is 5.32.